The van der Waals surface area contributed by atoms with Gasteiger partial charge < -0.3 is 10.1 Å². The van der Waals surface area contributed by atoms with Gasteiger partial charge >= 0.3 is 6.18 Å². The number of nitro benzene ring substituents is 1. The first-order valence-corrected chi connectivity index (χ1v) is 6.46. The number of rotatable bonds is 5. The Labute approximate surface area is 133 Å². The third-order valence-electron chi connectivity index (χ3n) is 2.70. The van der Waals surface area contributed by atoms with Crippen molar-refractivity contribution in [2.24, 2.45) is 0 Å². The van der Waals surface area contributed by atoms with E-state index in [0.29, 0.717) is 0 Å². The fourth-order valence-corrected chi connectivity index (χ4v) is 1.72. The number of ether oxygens (including phenoxy) is 1. The van der Waals surface area contributed by atoms with E-state index in [2.05, 4.69) is 15.0 Å². The number of hydrogen-bond donors (Lipinski definition) is 1. The summed E-state index contributed by atoms with van der Waals surface area (Å²) in [6, 6.07) is 7.69. The van der Waals surface area contributed by atoms with Gasteiger partial charge in [0.15, 0.2) is 6.61 Å². The molecule has 0 unspecified atom stereocenters. The second-order valence-corrected chi connectivity index (χ2v) is 4.52. The molecule has 0 bridgehead atoms. The lowest BCUT2D eigenvalue weighted by Gasteiger charge is -2.12. The van der Waals surface area contributed by atoms with Gasteiger partial charge in [0.05, 0.1) is 4.92 Å². The van der Waals surface area contributed by atoms with Crippen LogP contribution in [0.15, 0.2) is 42.6 Å². The molecule has 7 nitrogen and oxygen atoms in total. The average Bonchev–Trinajstić information content (AvgIpc) is 2.52. The van der Waals surface area contributed by atoms with Crippen molar-refractivity contribution in [1.82, 2.24) is 4.98 Å². The maximum atomic E-state index is 12.2. The predicted molar refractivity (Wildman–Crippen MR) is 76.8 cm³/mol. The van der Waals surface area contributed by atoms with E-state index in [1.165, 1.54) is 36.5 Å². The minimum absolute atomic E-state index is 0.111. The van der Waals surface area contributed by atoms with Crippen LogP contribution in [-0.4, -0.2) is 28.6 Å². The molecule has 2 rings (SSSR count). The number of benzene rings is 1. The SMILES string of the molecule is O=C(Nc1cccc([N+](=O)[O-])c1)c1cccnc1OCC(F)(F)F. The first-order chi connectivity index (χ1) is 11.3. The number of nitrogens with zero attached hydrogens (tertiary/aromatic N) is 2. The van der Waals surface area contributed by atoms with Crippen molar-refractivity contribution in [3.8, 4) is 5.88 Å². The van der Waals surface area contributed by atoms with E-state index in [4.69, 9.17) is 0 Å². The lowest BCUT2D eigenvalue weighted by molar-refractivity contribution is -0.384. The van der Waals surface area contributed by atoms with Crippen LogP contribution in [0.3, 0.4) is 0 Å². The number of aromatic nitrogens is 1. The summed E-state index contributed by atoms with van der Waals surface area (Å²) in [5.74, 6) is -1.29. The van der Waals surface area contributed by atoms with Crippen LogP contribution >= 0.6 is 0 Å². The highest BCUT2D eigenvalue weighted by Crippen LogP contribution is 2.22. The smallest absolute Gasteiger partial charge is 0.422 e. The fraction of sp³-hybridized carbons (Fsp3) is 0.143. The first-order valence-electron chi connectivity index (χ1n) is 6.46. The van der Waals surface area contributed by atoms with Gasteiger partial charge in [0, 0.05) is 24.0 Å². The molecule has 10 heteroatoms. The van der Waals surface area contributed by atoms with Gasteiger partial charge in [-0.2, -0.15) is 13.2 Å². The van der Waals surface area contributed by atoms with Gasteiger partial charge in [-0.3, -0.25) is 14.9 Å². The predicted octanol–water partition coefficient (Wildman–Crippen LogP) is 3.18. The second kappa shape index (κ2) is 6.94. The van der Waals surface area contributed by atoms with E-state index in [9.17, 15) is 28.1 Å². The molecule has 0 fully saturated rings. The van der Waals surface area contributed by atoms with E-state index in [-0.39, 0.29) is 16.9 Å². The quantitative estimate of drug-likeness (QED) is 0.666. The lowest BCUT2D eigenvalue weighted by atomic mass is 10.2. The van der Waals surface area contributed by atoms with Crippen molar-refractivity contribution in [2.75, 3.05) is 11.9 Å². The third kappa shape index (κ3) is 4.66. The van der Waals surface area contributed by atoms with E-state index in [1.807, 2.05) is 0 Å². The molecular formula is C14H10F3N3O4. The molecule has 0 aliphatic heterocycles. The zero-order chi connectivity index (χ0) is 17.7. The third-order valence-corrected chi connectivity index (χ3v) is 2.70. The maximum Gasteiger partial charge on any atom is 0.422 e. The van der Waals surface area contributed by atoms with Crippen molar-refractivity contribution in [1.29, 1.82) is 0 Å². The maximum absolute atomic E-state index is 12.2. The molecule has 24 heavy (non-hydrogen) atoms. The summed E-state index contributed by atoms with van der Waals surface area (Å²) in [4.78, 5) is 25.8. The van der Waals surface area contributed by atoms with Crippen LogP contribution in [-0.2, 0) is 0 Å². The van der Waals surface area contributed by atoms with Crippen LogP contribution in [0.2, 0.25) is 0 Å². The minimum Gasteiger partial charge on any atom is -0.467 e. The van der Waals surface area contributed by atoms with Crippen molar-refractivity contribution in [3.63, 3.8) is 0 Å². The largest absolute Gasteiger partial charge is 0.467 e. The summed E-state index contributed by atoms with van der Waals surface area (Å²) in [6.07, 6.45) is -3.40. The lowest BCUT2D eigenvalue weighted by Crippen LogP contribution is -2.22. The van der Waals surface area contributed by atoms with Crippen LogP contribution < -0.4 is 10.1 Å². The molecular weight excluding hydrogens is 331 g/mol. The molecule has 0 saturated carbocycles. The average molecular weight is 341 g/mol. The van der Waals surface area contributed by atoms with Crippen molar-refractivity contribution in [3.05, 3.63) is 58.3 Å². The summed E-state index contributed by atoms with van der Waals surface area (Å²) < 4.78 is 41.2. The van der Waals surface area contributed by atoms with Crippen LogP contribution in [0.25, 0.3) is 0 Å². The van der Waals surface area contributed by atoms with Gasteiger partial charge in [0.25, 0.3) is 11.6 Å². The van der Waals surface area contributed by atoms with Crippen molar-refractivity contribution in [2.45, 2.75) is 6.18 Å². The van der Waals surface area contributed by atoms with Gasteiger partial charge in [-0.1, -0.05) is 6.07 Å². The zero-order valence-electron chi connectivity index (χ0n) is 11.9. The Morgan fingerprint density at radius 1 is 1.29 bits per heavy atom. The summed E-state index contributed by atoms with van der Waals surface area (Å²) in [5.41, 5.74) is -0.361. The normalized spacial score (nSPS) is 11.0. The van der Waals surface area contributed by atoms with E-state index < -0.39 is 29.5 Å². The molecule has 1 aromatic heterocycles. The molecule has 0 radical (unpaired) electrons. The molecule has 1 heterocycles. The molecule has 0 saturated heterocycles. The van der Waals surface area contributed by atoms with E-state index in [1.54, 1.807) is 0 Å². The van der Waals surface area contributed by atoms with Crippen LogP contribution in [0.1, 0.15) is 10.4 Å². The number of hydrogen-bond acceptors (Lipinski definition) is 5. The first kappa shape index (κ1) is 17.2. The van der Waals surface area contributed by atoms with Crippen LogP contribution in [0.4, 0.5) is 24.5 Å². The van der Waals surface area contributed by atoms with Crippen molar-refractivity contribution < 1.29 is 27.6 Å². The Kier molecular flexibility index (Phi) is 4.97. The highest BCUT2D eigenvalue weighted by Gasteiger charge is 2.29. The van der Waals surface area contributed by atoms with Crippen LogP contribution in [0.5, 0.6) is 5.88 Å². The van der Waals surface area contributed by atoms with Gasteiger partial charge in [0.2, 0.25) is 5.88 Å². The topological polar surface area (TPSA) is 94.4 Å². The number of pyridine rings is 1. The molecule has 1 amide bonds. The molecule has 0 aliphatic carbocycles. The van der Waals surface area contributed by atoms with Crippen molar-refractivity contribution >= 4 is 17.3 Å². The number of carbonyl (C=O) groups excluding carboxylic acids is 1. The molecule has 2 aromatic rings. The summed E-state index contributed by atoms with van der Waals surface area (Å²) in [5, 5.41) is 13.0. The number of non-ortho nitro benzene ring substituents is 1. The molecule has 126 valence electrons. The van der Waals surface area contributed by atoms with Crippen LogP contribution in [0, 0.1) is 10.1 Å². The summed E-state index contributed by atoms with van der Waals surface area (Å²) >= 11 is 0. The molecule has 0 aliphatic rings. The Balaban J connectivity index is 2.18. The summed E-state index contributed by atoms with van der Waals surface area (Å²) in [7, 11) is 0. The highest BCUT2D eigenvalue weighted by molar-refractivity contribution is 6.05. The Bertz CT molecular complexity index is 765. The fourth-order valence-electron chi connectivity index (χ4n) is 1.72. The number of halogens is 3. The molecule has 0 spiro atoms. The Morgan fingerprint density at radius 2 is 2.04 bits per heavy atom. The summed E-state index contributed by atoms with van der Waals surface area (Å²) in [6.45, 7) is -1.60. The number of anilines is 1. The Hall–Kier alpha value is -3.17. The monoisotopic (exact) mass is 341 g/mol. The number of nitro groups is 1. The van der Waals surface area contributed by atoms with Gasteiger partial charge in [-0.05, 0) is 18.2 Å². The standard InChI is InChI=1S/C14H10F3N3O4/c15-14(16,17)8-24-13-11(5-2-6-18-13)12(21)19-9-3-1-4-10(7-9)20(22)23/h1-7H,8H2,(H,19,21). The number of carbonyl (C=O) groups is 1. The molecule has 0 atom stereocenters. The number of alkyl halides is 3. The number of amides is 1. The van der Waals surface area contributed by atoms with Gasteiger partial charge in [-0.25, -0.2) is 4.98 Å². The Morgan fingerprint density at radius 3 is 2.71 bits per heavy atom. The zero-order valence-corrected chi connectivity index (χ0v) is 11.9. The molecule has 1 N–H and O–H groups in total. The number of nitrogens with one attached hydrogen (secondary N) is 1. The molecule has 1 aromatic carbocycles. The van der Waals surface area contributed by atoms with Gasteiger partial charge in [0.1, 0.15) is 5.56 Å². The van der Waals surface area contributed by atoms with E-state index in [0.717, 1.165) is 6.07 Å². The van der Waals surface area contributed by atoms with E-state index >= 15 is 0 Å². The highest BCUT2D eigenvalue weighted by atomic mass is 19.4. The van der Waals surface area contributed by atoms with Gasteiger partial charge in [-0.15, -0.1) is 0 Å². The minimum atomic E-state index is -4.58. The second-order valence-electron chi connectivity index (χ2n) is 4.52.